The number of amides is 3. The lowest BCUT2D eigenvalue weighted by Crippen LogP contribution is -2.45. The number of rotatable bonds is 3. The van der Waals surface area contributed by atoms with Gasteiger partial charge < -0.3 is 5.32 Å². The molecule has 0 aromatic carbocycles. The molecule has 2 N–H and O–H groups in total. The zero-order valence-electron chi connectivity index (χ0n) is 11.9. The minimum Gasteiger partial charge on any atom is -0.335 e. The summed E-state index contributed by atoms with van der Waals surface area (Å²) < 4.78 is 1.71. The van der Waals surface area contributed by atoms with Crippen molar-refractivity contribution in [3.8, 4) is 0 Å². The molecule has 3 rings (SSSR count). The Balaban J connectivity index is 1.61. The van der Waals surface area contributed by atoms with Gasteiger partial charge in [0.1, 0.15) is 11.2 Å². The molecule has 0 spiro atoms. The van der Waals surface area contributed by atoms with Gasteiger partial charge in [0.05, 0.1) is 11.8 Å². The summed E-state index contributed by atoms with van der Waals surface area (Å²) in [6, 6.07) is 1.38. The number of imide groups is 1. The predicted molar refractivity (Wildman–Crippen MR) is 82.8 cm³/mol. The van der Waals surface area contributed by atoms with Gasteiger partial charge in [-0.15, -0.1) is 11.3 Å². The summed E-state index contributed by atoms with van der Waals surface area (Å²) in [5, 5.41) is 6.79. The Hall–Kier alpha value is -2.22. The molecule has 2 aromatic rings. The Morgan fingerprint density at radius 2 is 2.14 bits per heavy atom. The van der Waals surface area contributed by atoms with Crippen molar-refractivity contribution in [1.82, 2.24) is 20.2 Å². The van der Waals surface area contributed by atoms with Gasteiger partial charge in [-0.3, -0.25) is 19.5 Å². The number of thiophene rings is 1. The number of fused-ring (bicyclic) bond motifs is 1. The van der Waals surface area contributed by atoms with E-state index in [-0.39, 0.29) is 18.1 Å². The van der Waals surface area contributed by atoms with Crippen LogP contribution in [0.15, 0.2) is 22.6 Å². The summed E-state index contributed by atoms with van der Waals surface area (Å²) in [6.07, 6.45) is 5.41. The second-order valence-electron chi connectivity index (χ2n) is 5.32. The van der Waals surface area contributed by atoms with E-state index < -0.39 is 11.9 Å². The van der Waals surface area contributed by atoms with Crippen molar-refractivity contribution in [2.75, 3.05) is 0 Å². The molecular formula is C14H16N4O3S. The molecule has 1 saturated carbocycles. The average molecular weight is 320 g/mol. The fraction of sp³-hybridized carbons (Fsp3) is 0.429. The Morgan fingerprint density at radius 1 is 1.36 bits per heavy atom. The molecule has 0 radical (unpaired) electrons. The Labute approximate surface area is 130 Å². The number of carbonyl (C=O) groups is 2. The standard InChI is InChI=1S/C14H16N4O3S/c19-11(17-14(21)16-9-3-1-2-4-9)7-18-8-15-10-5-6-22-12(10)13(18)20/h5-6,8-9H,1-4,7H2,(H2,16,17,19,21). The number of hydrogen-bond donors (Lipinski definition) is 2. The first-order chi connectivity index (χ1) is 10.6. The number of hydrogen-bond acceptors (Lipinski definition) is 5. The van der Waals surface area contributed by atoms with Crippen molar-refractivity contribution >= 4 is 33.5 Å². The summed E-state index contributed by atoms with van der Waals surface area (Å²) in [5.41, 5.74) is 0.344. The number of aromatic nitrogens is 2. The third-order valence-electron chi connectivity index (χ3n) is 3.69. The highest BCUT2D eigenvalue weighted by molar-refractivity contribution is 7.17. The first kappa shape index (κ1) is 14.7. The van der Waals surface area contributed by atoms with Crippen LogP contribution >= 0.6 is 11.3 Å². The van der Waals surface area contributed by atoms with Gasteiger partial charge >= 0.3 is 6.03 Å². The molecule has 0 unspecified atom stereocenters. The largest absolute Gasteiger partial charge is 0.335 e. The molecule has 0 aliphatic heterocycles. The maximum absolute atomic E-state index is 12.1. The van der Waals surface area contributed by atoms with E-state index in [1.807, 2.05) is 0 Å². The van der Waals surface area contributed by atoms with E-state index in [2.05, 4.69) is 15.6 Å². The summed E-state index contributed by atoms with van der Waals surface area (Å²) in [4.78, 5) is 39.8. The van der Waals surface area contributed by atoms with Gasteiger partial charge in [-0.25, -0.2) is 9.78 Å². The van der Waals surface area contributed by atoms with Crippen molar-refractivity contribution in [1.29, 1.82) is 0 Å². The van der Waals surface area contributed by atoms with Gasteiger partial charge in [-0.2, -0.15) is 0 Å². The highest BCUT2D eigenvalue weighted by Gasteiger charge is 2.18. The third-order valence-corrected chi connectivity index (χ3v) is 4.58. The fourth-order valence-corrected chi connectivity index (χ4v) is 3.40. The molecule has 1 fully saturated rings. The lowest BCUT2D eigenvalue weighted by atomic mass is 10.2. The van der Waals surface area contributed by atoms with Crippen LogP contribution in [0.25, 0.3) is 10.2 Å². The monoisotopic (exact) mass is 320 g/mol. The van der Waals surface area contributed by atoms with Crippen LogP contribution in [0.1, 0.15) is 25.7 Å². The van der Waals surface area contributed by atoms with E-state index in [1.165, 1.54) is 22.2 Å². The Morgan fingerprint density at radius 3 is 2.91 bits per heavy atom. The average Bonchev–Trinajstić information content (AvgIpc) is 3.12. The Bertz CT molecular complexity index is 761. The molecule has 0 atom stereocenters. The summed E-state index contributed by atoms with van der Waals surface area (Å²) >= 11 is 1.28. The number of carbonyl (C=O) groups excluding carboxylic acids is 2. The van der Waals surface area contributed by atoms with Gasteiger partial charge in [0, 0.05) is 6.04 Å². The molecule has 116 valence electrons. The summed E-state index contributed by atoms with van der Waals surface area (Å²) in [6.45, 7) is -0.224. The van der Waals surface area contributed by atoms with Crippen molar-refractivity contribution in [2.45, 2.75) is 38.3 Å². The number of nitrogens with one attached hydrogen (secondary N) is 2. The fourth-order valence-electron chi connectivity index (χ4n) is 2.60. The van der Waals surface area contributed by atoms with Crippen molar-refractivity contribution < 1.29 is 9.59 Å². The third kappa shape index (κ3) is 3.16. The van der Waals surface area contributed by atoms with E-state index in [1.54, 1.807) is 11.4 Å². The molecule has 1 aliphatic carbocycles. The topological polar surface area (TPSA) is 93.1 Å². The SMILES string of the molecule is O=C(Cn1cnc2ccsc2c1=O)NC(=O)NC1CCCC1. The van der Waals surface area contributed by atoms with E-state index in [0.29, 0.717) is 10.2 Å². The molecule has 8 heteroatoms. The molecule has 0 bridgehead atoms. The first-order valence-corrected chi connectivity index (χ1v) is 8.04. The van der Waals surface area contributed by atoms with E-state index >= 15 is 0 Å². The Kier molecular flexibility index (Phi) is 4.19. The molecule has 0 saturated heterocycles. The van der Waals surface area contributed by atoms with Crippen LogP contribution in [-0.4, -0.2) is 27.5 Å². The van der Waals surface area contributed by atoms with Gasteiger partial charge in [-0.1, -0.05) is 12.8 Å². The lowest BCUT2D eigenvalue weighted by Gasteiger charge is -2.12. The van der Waals surface area contributed by atoms with Crippen LogP contribution in [0.4, 0.5) is 4.79 Å². The zero-order valence-corrected chi connectivity index (χ0v) is 12.7. The van der Waals surface area contributed by atoms with Gasteiger partial charge in [0.2, 0.25) is 5.91 Å². The second-order valence-corrected chi connectivity index (χ2v) is 6.23. The highest BCUT2D eigenvalue weighted by atomic mass is 32.1. The second kappa shape index (κ2) is 6.27. The molecule has 3 amide bonds. The van der Waals surface area contributed by atoms with Crippen LogP contribution in [0.2, 0.25) is 0 Å². The number of nitrogens with zero attached hydrogens (tertiary/aromatic N) is 2. The maximum atomic E-state index is 12.1. The molecule has 2 aromatic heterocycles. The molecule has 1 aliphatic rings. The zero-order chi connectivity index (χ0) is 15.5. The van der Waals surface area contributed by atoms with Gasteiger partial charge in [-0.05, 0) is 24.3 Å². The lowest BCUT2D eigenvalue weighted by molar-refractivity contribution is -0.120. The smallest absolute Gasteiger partial charge is 0.321 e. The van der Waals surface area contributed by atoms with E-state index in [0.717, 1.165) is 25.7 Å². The van der Waals surface area contributed by atoms with Crippen molar-refractivity contribution in [3.05, 3.63) is 28.1 Å². The van der Waals surface area contributed by atoms with Gasteiger partial charge in [0.25, 0.3) is 5.56 Å². The van der Waals surface area contributed by atoms with Gasteiger partial charge in [0.15, 0.2) is 0 Å². The van der Waals surface area contributed by atoms with E-state index in [9.17, 15) is 14.4 Å². The summed E-state index contributed by atoms with van der Waals surface area (Å²) in [5.74, 6) is -0.532. The molecule has 2 heterocycles. The van der Waals surface area contributed by atoms with Crippen molar-refractivity contribution in [2.24, 2.45) is 0 Å². The molecule has 7 nitrogen and oxygen atoms in total. The highest BCUT2D eigenvalue weighted by Crippen LogP contribution is 2.17. The van der Waals surface area contributed by atoms with Crippen LogP contribution in [0.3, 0.4) is 0 Å². The number of urea groups is 1. The minimum atomic E-state index is -0.532. The van der Waals surface area contributed by atoms with Crippen LogP contribution in [-0.2, 0) is 11.3 Å². The van der Waals surface area contributed by atoms with Crippen molar-refractivity contribution in [3.63, 3.8) is 0 Å². The first-order valence-electron chi connectivity index (χ1n) is 7.16. The molecule has 22 heavy (non-hydrogen) atoms. The van der Waals surface area contributed by atoms with E-state index in [4.69, 9.17) is 0 Å². The van der Waals surface area contributed by atoms with Crippen LogP contribution in [0, 0.1) is 0 Å². The van der Waals surface area contributed by atoms with Crippen LogP contribution < -0.4 is 16.2 Å². The minimum absolute atomic E-state index is 0.139. The predicted octanol–water partition coefficient (Wildman–Crippen LogP) is 1.23. The normalized spacial score (nSPS) is 15.1. The molecular weight excluding hydrogens is 304 g/mol. The summed E-state index contributed by atoms with van der Waals surface area (Å²) in [7, 11) is 0. The maximum Gasteiger partial charge on any atom is 0.321 e. The van der Waals surface area contributed by atoms with Crippen LogP contribution in [0.5, 0.6) is 0 Å². The quantitative estimate of drug-likeness (QED) is 0.889.